The van der Waals surface area contributed by atoms with Crippen LogP contribution in [0.15, 0.2) is 6.33 Å². The lowest BCUT2D eigenvalue weighted by Gasteiger charge is -1.99. The summed E-state index contributed by atoms with van der Waals surface area (Å²) in [5.41, 5.74) is 0.801. The summed E-state index contributed by atoms with van der Waals surface area (Å²) < 4.78 is 4.37. The van der Waals surface area contributed by atoms with Crippen molar-refractivity contribution in [2.45, 2.75) is 6.92 Å². The third-order valence-electron chi connectivity index (χ3n) is 1.24. The second kappa shape index (κ2) is 3.05. The first kappa shape index (κ1) is 7.59. The number of rotatable bonds is 1. The number of hydrogen-bond acceptors (Lipinski definition) is 3. The van der Waals surface area contributed by atoms with Gasteiger partial charge in [0.2, 0.25) is 0 Å². The van der Waals surface area contributed by atoms with E-state index in [2.05, 4.69) is 20.0 Å². The van der Waals surface area contributed by atoms with Crippen LogP contribution in [0.5, 0.6) is 0 Å². The highest BCUT2D eigenvalue weighted by Gasteiger charge is 2.04. The standard InChI is InChI=1S/C6H9N3O2/c1-4-5(8-3-7-4)9-6(10)11-2/h3H,1-2H3,(H,7,8)(H,9,10). The summed E-state index contributed by atoms with van der Waals surface area (Å²) in [5, 5.41) is 2.44. The SMILES string of the molecule is COC(=O)Nc1nc[nH]c1C. The van der Waals surface area contributed by atoms with E-state index < -0.39 is 6.09 Å². The Kier molecular flexibility index (Phi) is 2.10. The molecule has 5 heteroatoms. The molecule has 5 nitrogen and oxygen atoms in total. The Labute approximate surface area is 63.8 Å². The van der Waals surface area contributed by atoms with Crippen LogP contribution in [0.25, 0.3) is 0 Å². The number of aromatic nitrogens is 2. The van der Waals surface area contributed by atoms with E-state index in [9.17, 15) is 4.79 Å². The molecule has 0 radical (unpaired) electrons. The predicted molar refractivity (Wildman–Crippen MR) is 39.4 cm³/mol. The van der Waals surface area contributed by atoms with Crippen molar-refractivity contribution in [1.29, 1.82) is 0 Å². The number of carbonyl (C=O) groups is 1. The number of aryl methyl sites for hydroxylation is 1. The molecule has 0 aliphatic carbocycles. The number of nitrogens with one attached hydrogen (secondary N) is 2. The molecule has 0 spiro atoms. The molecule has 0 aliphatic rings. The number of nitrogens with zero attached hydrogens (tertiary/aromatic N) is 1. The molecule has 0 aromatic carbocycles. The van der Waals surface area contributed by atoms with Crippen LogP contribution in [0.1, 0.15) is 5.69 Å². The minimum atomic E-state index is -0.514. The van der Waals surface area contributed by atoms with Crippen molar-refractivity contribution in [3.05, 3.63) is 12.0 Å². The van der Waals surface area contributed by atoms with Crippen molar-refractivity contribution >= 4 is 11.9 Å². The first-order valence-corrected chi connectivity index (χ1v) is 3.09. The van der Waals surface area contributed by atoms with Gasteiger partial charge in [0.15, 0.2) is 5.82 Å². The number of imidazole rings is 1. The van der Waals surface area contributed by atoms with Crippen LogP contribution in [0.3, 0.4) is 0 Å². The Morgan fingerprint density at radius 2 is 2.55 bits per heavy atom. The zero-order chi connectivity index (χ0) is 8.27. The van der Waals surface area contributed by atoms with Gasteiger partial charge in [-0.2, -0.15) is 0 Å². The summed E-state index contributed by atoms with van der Waals surface area (Å²) in [6.07, 6.45) is 0.987. The molecule has 60 valence electrons. The third kappa shape index (κ3) is 1.70. The molecule has 1 heterocycles. The van der Waals surface area contributed by atoms with Gasteiger partial charge in [0, 0.05) is 0 Å². The van der Waals surface area contributed by atoms with Crippen molar-refractivity contribution in [3.63, 3.8) is 0 Å². The molecule has 0 saturated carbocycles. The summed E-state index contributed by atoms with van der Waals surface area (Å²) in [7, 11) is 1.30. The predicted octanol–water partition coefficient (Wildman–Crippen LogP) is 0.896. The number of carbonyl (C=O) groups excluding carboxylic acids is 1. The molecule has 0 bridgehead atoms. The van der Waals surface area contributed by atoms with Gasteiger partial charge >= 0.3 is 6.09 Å². The maximum Gasteiger partial charge on any atom is 0.412 e. The Hall–Kier alpha value is -1.52. The molecule has 1 rings (SSSR count). The molecule has 1 amide bonds. The number of ether oxygens (including phenoxy) is 1. The fraction of sp³-hybridized carbons (Fsp3) is 0.333. The van der Waals surface area contributed by atoms with E-state index in [1.165, 1.54) is 13.4 Å². The second-order valence-electron chi connectivity index (χ2n) is 1.99. The molecule has 0 fully saturated rings. The van der Waals surface area contributed by atoms with Crippen LogP contribution in [-0.2, 0) is 4.74 Å². The number of anilines is 1. The fourth-order valence-electron chi connectivity index (χ4n) is 0.633. The van der Waals surface area contributed by atoms with Crippen LogP contribution >= 0.6 is 0 Å². The largest absolute Gasteiger partial charge is 0.453 e. The molecule has 1 aromatic heterocycles. The Balaban J connectivity index is 2.64. The third-order valence-corrected chi connectivity index (χ3v) is 1.24. The normalized spacial score (nSPS) is 9.27. The number of amides is 1. The van der Waals surface area contributed by atoms with E-state index in [1.807, 2.05) is 0 Å². The molecule has 0 atom stereocenters. The maximum atomic E-state index is 10.6. The molecular weight excluding hydrogens is 146 g/mol. The minimum Gasteiger partial charge on any atom is -0.453 e. The molecular formula is C6H9N3O2. The molecule has 0 unspecified atom stereocenters. The van der Waals surface area contributed by atoms with E-state index in [0.29, 0.717) is 5.82 Å². The van der Waals surface area contributed by atoms with Crippen LogP contribution in [-0.4, -0.2) is 23.2 Å². The van der Waals surface area contributed by atoms with Crippen molar-refractivity contribution in [2.75, 3.05) is 12.4 Å². The smallest absolute Gasteiger partial charge is 0.412 e. The Morgan fingerprint density at radius 1 is 1.82 bits per heavy atom. The summed E-state index contributed by atoms with van der Waals surface area (Å²) in [6, 6.07) is 0. The lowest BCUT2D eigenvalue weighted by Crippen LogP contribution is -2.11. The Bertz CT molecular complexity index is 256. The van der Waals surface area contributed by atoms with Gasteiger partial charge in [-0.1, -0.05) is 0 Å². The topological polar surface area (TPSA) is 67.0 Å². The van der Waals surface area contributed by atoms with Crippen molar-refractivity contribution in [3.8, 4) is 0 Å². The highest BCUT2D eigenvalue weighted by Crippen LogP contribution is 2.06. The average molecular weight is 155 g/mol. The van der Waals surface area contributed by atoms with Gasteiger partial charge in [-0.25, -0.2) is 9.78 Å². The van der Waals surface area contributed by atoms with Gasteiger partial charge in [0.1, 0.15) is 0 Å². The van der Waals surface area contributed by atoms with Gasteiger partial charge in [-0.05, 0) is 6.92 Å². The van der Waals surface area contributed by atoms with E-state index in [1.54, 1.807) is 6.92 Å². The van der Waals surface area contributed by atoms with E-state index in [-0.39, 0.29) is 0 Å². The Morgan fingerprint density at radius 3 is 3.00 bits per heavy atom. The van der Waals surface area contributed by atoms with Crippen LogP contribution < -0.4 is 5.32 Å². The molecule has 0 aliphatic heterocycles. The lowest BCUT2D eigenvalue weighted by atomic mass is 10.5. The van der Waals surface area contributed by atoms with Crippen LogP contribution in [0, 0.1) is 6.92 Å². The van der Waals surface area contributed by atoms with Gasteiger partial charge in [0.25, 0.3) is 0 Å². The number of aromatic amines is 1. The first-order chi connectivity index (χ1) is 5.24. The summed E-state index contributed by atoms with van der Waals surface area (Å²) in [4.78, 5) is 17.3. The fourth-order valence-corrected chi connectivity index (χ4v) is 0.633. The molecule has 1 aromatic rings. The van der Waals surface area contributed by atoms with Crippen LogP contribution in [0.2, 0.25) is 0 Å². The molecule has 11 heavy (non-hydrogen) atoms. The van der Waals surface area contributed by atoms with E-state index in [4.69, 9.17) is 0 Å². The average Bonchev–Trinajstić information content (AvgIpc) is 2.37. The van der Waals surface area contributed by atoms with Gasteiger partial charge in [0.05, 0.1) is 19.1 Å². The summed E-state index contributed by atoms with van der Waals surface area (Å²) >= 11 is 0. The lowest BCUT2D eigenvalue weighted by molar-refractivity contribution is 0.187. The number of hydrogen-bond donors (Lipinski definition) is 2. The molecule has 2 N–H and O–H groups in total. The van der Waals surface area contributed by atoms with Gasteiger partial charge in [-0.3, -0.25) is 5.32 Å². The summed E-state index contributed by atoms with van der Waals surface area (Å²) in [6.45, 7) is 1.80. The van der Waals surface area contributed by atoms with Crippen molar-refractivity contribution < 1.29 is 9.53 Å². The second-order valence-corrected chi connectivity index (χ2v) is 1.99. The van der Waals surface area contributed by atoms with E-state index in [0.717, 1.165) is 5.69 Å². The number of methoxy groups -OCH3 is 1. The summed E-state index contributed by atoms with van der Waals surface area (Å²) in [5.74, 6) is 0.497. The monoisotopic (exact) mass is 155 g/mol. The first-order valence-electron chi connectivity index (χ1n) is 3.09. The highest BCUT2D eigenvalue weighted by molar-refractivity contribution is 5.83. The minimum absolute atomic E-state index is 0.497. The number of H-pyrrole nitrogens is 1. The quantitative estimate of drug-likeness (QED) is 0.633. The maximum absolute atomic E-state index is 10.6. The molecule has 0 saturated heterocycles. The van der Waals surface area contributed by atoms with E-state index >= 15 is 0 Å². The highest BCUT2D eigenvalue weighted by atomic mass is 16.5. The zero-order valence-corrected chi connectivity index (χ0v) is 6.34. The zero-order valence-electron chi connectivity index (χ0n) is 6.34. The van der Waals surface area contributed by atoms with Crippen molar-refractivity contribution in [1.82, 2.24) is 9.97 Å². The van der Waals surface area contributed by atoms with Crippen molar-refractivity contribution in [2.24, 2.45) is 0 Å². The van der Waals surface area contributed by atoms with Gasteiger partial charge < -0.3 is 9.72 Å². The van der Waals surface area contributed by atoms with Gasteiger partial charge in [-0.15, -0.1) is 0 Å². The van der Waals surface area contributed by atoms with Crippen LogP contribution in [0.4, 0.5) is 10.6 Å².